The zero-order valence-electron chi connectivity index (χ0n) is 8.99. The summed E-state index contributed by atoms with van der Waals surface area (Å²) in [4.78, 5) is 11.2. The van der Waals surface area contributed by atoms with Crippen LogP contribution in [0.25, 0.3) is 5.57 Å². The minimum Gasteiger partial charge on any atom is -0.466 e. The van der Waals surface area contributed by atoms with Gasteiger partial charge < -0.3 is 4.74 Å². The predicted molar refractivity (Wildman–Crippen MR) is 61.2 cm³/mol. The summed E-state index contributed by atoms with van der Waals surface area (Å²) in [5, 5.41) is 0. The SMILES string of the molecule is C=C(C)/C(=C\C(=O)OC)c1ccccc1. The van der Waals surface area contributed by atoms with Crippen molar-refractivity contribution in [3.8, 4) is 0 Å². The molecule has 0 saturated heterocycles. The number of rotatable bonds is 3. The van der Waals surface area contributed by atoms with Crippen LogP contribution in [0.2, 0.25) is 0 Å². The molecule has 0 spiro atoms. The summed E-state index contributed by atoms with van der Waals surface area (Å²) in [5.41, 5.74) is 2.62. The zero-order valence-corrected chi connectivity index (χ0v) is 8.99. The number of hydrogen-bond donors (Lipinski definition) is 0. The van der Waals surface area contributed by atoms with Gasteiger partial charge >= 0.3 is 5.97 Å². The molecule has 0 radical (unpaired) electrons. The Balaban J connectivity index is 3.10. The molecule has 0 N–H and O–H groups in total. The van der Waals surface area contributed by atoms with Crippen LogP contribution in [0.3, 0.4) is 0 Å². The molecular weight excluding hydrogens is 188 g/mol. The molecule has 1 aromatic carbocycles. The van der Waals surface area contributed by atoms with Gasteiger partial charge in [0.25, 0.3) is 0 Å². The lowest BCUT2D eigenvalue weighted by atomic mass is 10.00. The van der Waals surface area contributed by atoms with Crippen molar-refractivity contribution < 1.29 is 9.53 Å². The van der Waals surface area contributed by atoms with Crippen LogP contribution >= 0.6 is 0 Å². The highest BCUT2D eigenvalue weighted by Crippen LogP contribution is 2.20. The maximum absolute atomic E-state index is 11.2. The van der Waals surface area contributed by atoms with Crippen molar-refractivity contribution in [2.24, 2.45) is 0 Å². The van der Waals surface area contributed by atoms with Gasteiger partial charge in [0.05, 0.1) is 7.11 Å². The fraction of sp³-hybridized carbons (Fsp3) is 0.154. The number of hydrogen-bond acceptors (Lipinski definition) is 2. The summed E-state index contributed by atoms with van der Waals surface area (Å²) in [5.74, 6) is -0.364. The number of methoxy groups -OCH3 is 1. The average Bonchev–Trinajstić information content (AvgIpc) is 2.26. The Kier molecular flexibility index (Phi) is 3.86. The first-order valence-electron chi connectivity index (χ1n) is 4.66. The van der Waals surface area contributed by atoms with E-state index in [-0.39, 0.29) is 5.97 Å². The third kappa shape index (κ3) is 3.09. The third-order valence-corrected chi connectivity index (χ3v) is 2.01. The lowest BCUT2D eigenvalue weighted by molar-refractivity contribution is -0.134. The maximum atomic E-state index is 11.2. The van der Waals surface area contributed by atoms with Gasteiger partial charge in [-0.15, -0.1) is 0 Å². The summed E-state index contributed by atoms with van der Waals surface area (Å²) >= 11 is 0. The minimum atomic E-state index is -0.364. The average molecular weight is 202 g/mol. The van der Waals surface area contributed by atoms with Crippen LogP contribution in [0.15, 0.2) is 48.6 Å². The first-order valence-corrected chi connectivity index (χ1v) is 4.66. The van der Waals surface area contributed by atoms with Gasteiger partial charge in [0, 0.05) is 6.08 Å². The summed E-state index contributed by atoms with van der Waals surface area (Å²) in [6.07, 6.45) is 1.46. The quantitative estimate of drug-likeness (QED) is 0.428. The smallest absolute Gasteiger partial charge is 0.331 e. The number of allylic oxidation sites excluding steroid dienone is 2. The highest BCUT2D eigenvalue weighted by molar-refractivity contribution is 5.95. The zero-order chi connectivity index (χ0) is 11.3. The Bertz CT molecular complexity index is 388. The molecular formula is C13H14O2. The normalized spacial score (nSPS) is 10.9. The topological polar surface area (TPSA) is 26.3 Å². The molecule has 15 heavy (non-hydrogen) atoms. The van der Waals surface area contributed by atoms with Crippen molar-refractivity contribution in [2.75, 3.05) is 7.11 Å². The highest BCUT2D eigenvalue weighted by atomic mass is 16.5. The van der Waals surface area contributed by atoms with Gasteiger partial charge in [0.2, 0.25) is 0 Å². The number of ether oxygens (including phenoxy) is 1. The van der Waals surface area contributed by atoms with Crippen molar-refractivity contribution in [1.82, 2.24) is 0 Å². The van der Waals surface area contributed by atoms with E-state index in [1.165, 1.54) is 13.2 Å². The van der Waals surface area contributed by atoms with Crippen LogP contribution in [0, 0.1) is 0 Å². The summed E-state index contributed by atoms with van der Waals surface area (Å²) < 4.78 is 4.60. The van der Waals surface area contributed by atoms with Gasteiger partial charge in [-0.05, 0) is 18.1 Å². The standard InChI is InChI=1S/C13H14O2/c1-10(2)12(9-13(14)15-3)11-7-5-4-6-8-11/h4-9H,1H2,2-3H3/b12-9+. The van der Waals surface area contributed by atoms with Gasteiger partial charge in [0.1, 0.15) is 0 Å². The number of benzene rings is 1. The van der Waals surface area contributed by atoms with E-state index in [1.54, 1.807) is 0 Å². The monoisotopic (exact) mass is 202 g/mol. The van der Waals surface area contributed by atoms with Crippen molar-refractivity contribution in [3.05, 3.63) is 54.1 Å². The molecule has 0 saturated carbocycles. The molecule has 78 valence electrons. The molecule has 0 fully saturated rings. The van der Waals surface area contributed by atoms with Crippen molar-refractivity contribution >= 4 is 11.5 Å². The van der Waals surface area contributed by atoms with Crippen LogP contribution < -0.4 is 0 Å². The lowest BCUT2D eigenvalue weighted by Gasteiger charge is -2.06. The molecule has 0 aliphatic carbocycles. The number of carbonyl (C=O) groups excluding carboxylic acids is 1. The maximum Gasteiger partial charge on any atom is 0.331 e. The fourth-order valence-electron chi connectivity index (χ4n) is 1.25. The van der Waals surface area contributed by atoms with Crippen LogP contribution in [-0.4, -0.2) is 13.1 Å². The van der Waals surface area contributed by atoms with E-state index in [0.29, 0.717) is 0 Å². The molecule has 1 aromatic rings. The Labute approximate surface area is 89.9 Å². The minimum absolute atomic E-state index is 0.364. The second-order valence-corrected chi connectivity index (χ2v) is 3.23. The Hall–Kier alpha value is -1.83. The van der Waals surface area contributed by atoms with Crippen LogP contribution in [0.4, 0.5) is 0 Å². The molecule has 0 aliphatic heterocycles. The molecule has 0 heterocycles. The van der Waals surface area contributed by atoms with Crippen molar-refractivity contribution in [3.63, 3.8) is 0 Å². The Morgan fingerprint density at radius 1 is 1.33 bits per heavy atom. The fourth-order valence-corrected chi connectivity index (χ4v) is 1.25. The van der Waals surface area contributed by atoms with E-state index >= 15 is 0 Å². The van der Waals surface area contributed by atoms with E-state index in [9.17, 15) is 4.79 Å². The van der Waals surface area contributed by atoms with E-state index in [4.69, 9.17) is 0 Å². The van der Waals surface area contributed by atoms with E-state index in [1.807, 2.05) is 37.3 Å². The van der Waals surface area contributed by atoms with Crippen molar-refractivity contribution in [1.29, 1.82) is 0 Å². The molecule has 2 nitrogen and oxygen atoms in total. The van der Waals surface area contributed by atoms with Gasteiger partial charge in [-0.1, -0.05) is 42.5 Å². The van der Waals surface area contributed by atoms with Crippen LogP contribution in [0.1, 0.15) is 12.5 Å². The Morgan fingerprint density at radius 3 is 2.40 bits per heavy atom. The molecule has 0 aromatic heterocycles. The first-order chi connectivity index (χ1) is 7.15. The van der Waals surface area contributed by atoms with Gasteiger partial charge in [0.15, 0.2) is 0 Å². The predicted octanol–water partition coefficient (Wildman–Crippen LogP) is 2.82. The van der Waals surface area contributed by atoms with Crippen LogP contribution in [-0.2, 0) is 9.53 Å². The largest absolute Gasteiger partial charge is 0.466 e. The van der Waals surface area contributed by atoms with Gasteiger partial charge in [-0.25, -0.2) is 4.79 Å². The van der Waals surface area contributed by atoms with E-state index in [0.717, 1.165) is 16.7 Å². The van der Waals surface area contributed by atoms with E-state index in [2.05, 4.69) is 11.3 Å². The molecule has 0 aliphatic rings. The summed E-state index contributed by atoms with van der Waals surface area (Å²) in [7, 11) is 1.36. The van der Waals surface area contributed by atoms with Crippen LogP contribution in [0.5, 0.6) is 0 Å². The molecule has 1 rings (SSSR count). The third-order valence-electron chi connectivity index (χ3n) is 2.01. The molecule has 0 amide bonds. The highest BCUT2D eigenvalue weighted by Gasteiger charge is 2.04. The van der Waals surface area contributed by atoms with Gasteiger partial charge in [-0.3, -0.25) is 0 Å². The lowest BCUT2D eigenvalue weighted by Crippen LogP contribution is -1.97. The number of carbonyl (C=O) groups is 1. The first kappa shape index (κ1) is 11.2. The van der Waals surface area contributed by atoms with Crippen molar-refractivity contribution in [2.45, 2.75) is 6.92 Å². The number of esters is 1. The molecule has 0 atom stereocenters. The van der Waals surface area contributed by atoms with Gasteiger partial charge in [-0.2, -0.15) is 0 Å². The molecule has 0 bridgehead atoms. The molecule has 0 unspecified atom stereocenters. The van der Waals surface area contributed by atoms with E-state index < -0.39 is 0 Å². The summed E-state index contributed by atoms with van der Waals surface area (Å²) in [6.45, 7) is 5.71. The molecule has 2 heteroatoms. The summed E-state index contributed by atoms with van der Waals surface area (Å²) in [6, 6.07) is 9.64. The Morgan fingerprint density at radius 2 is 1.93 bits per heavy atom. The second kappa shape index (κ2) is 5.15. The second-order valence-electron chi connectivity index (χ2n) is 3.23.